The molecule has 0 unspecified atom stereocenters. The first-order valence-corrected chi connectivity index (χ1v) is 9.99. The molecule has 2 heterocycles. The van der Waals surface area contributed by atoms with Crippen LogP contribution in [-0.4, -0.2) is 61.0 Å². The lowest BCUT2D eigenvalue weighted by molar-refractivity contribution is -0.119. The van der Waals surface area contributed by atoms with Crippen LogP contribution in [0.25, 0.3) is 0 Å². The van der Waals surface area contributed by atoms with Crippen molar-refractivity contribution in [1.29, 1.82) is 0 Å². The number of carbonyl (C=O) groups is 1. The zero-order valence-electron chi connectivity index (χ0n) is 15.8. The number of likely N-dealkylation sites (tertiary alicyclic amines) is 1. The number of ether oxygens (including phenoxy) is 2. The second kappa shape index (κ2) is 9.77. The molecule has 7 nitrogen and oxygen atoms in total. The van der Waals surface area contributed by atoms with Crippen LogP contribution in [0.2, 0.25) is 0 Å². The van der Waals surface area contributed by atoms with Crippen LogP contribution >= 0.6 is 11.3 Å². The van der Waals surface area contributed by atoms with Crippen LogP contribution in [0.4, 0.5) is 5.13 Å². The van der Waals surface area contributed by atoms with Crippen molar-refractivity contribution in [3.8, 4) is 5.75 Å². The Morgan fingerprint density at radius 2 is 2.11 bits per heavy atom. The predicted molar refractivity (Wildman–Crippen MR) is 105 cm³/mol. The molecule has 1 saturated heterocycles. The quantitative estimate of drug-likeness (QED) is 0.708. The van der Waals surface area contributed by atoms with E-state index in [-0.39, 0.29) is 11.8 Å². The molecule has 0 radical (unpaired) electrons. The summed E-state index contributed by atoms with van der Waals surface area (Å²) < 4.78 is 10.8. The van der Waals surface area contributed by atoms with Crippen LogP contribution in [-0.2, 0) is 16.0 Å². The number of hydrogen-bond acceptors (Lipinski definition) is 7. The zero-order valence-corrected chi connectivity index (χ0v) is 16.6. The summed E-state index contributed by atoms with van der Waals surface area (Å²) in [5.74, 6) is 0.866. The summed E-state index contributed by atoms with van der Waals surface area (Å²) in [5.41, 5.74) is 1.20. The van der Waals surface area contributed by atoms with Crippen LogP contribution in [0.5, 0.6) is 5.75 Å². The molecule has 1 fully saturated rings. The van der Waals surface area contributed by atoms with E-state index < -0.39 is 0 Å². The molecule has 1 N–H and O–H groups in total. The normalized spacial score (nSPS) is 17.2. The first-order chi connectivity index (χ1) is 13.1. The van der Waals surface area contributed by atoms with Gasteiger partial charge >= 0.3 is 0 Å². The molecule has 1 atom stereocenters. The second-order valence-corrected chi connectivity index (χ2v) is 7.74. The van der Waals surface area contributed by atoms with Crippen molar-refractivity contribution in [3.05, 3.63) is 34.8 Å². The van der Waals surface area contributed by atoms with Crippen molar-refractivity contribution in [2.75, 3.05) is 45.3 Å². The highest BCUT2D eigenvalue weighted by Gasteiger charge is 2.28. The van der Waals surface area contributed by atoms with Crippen LogP contribution in [0.3, 0.4) is 0 Å². The zero-order chi connectivity index (χ0) is 19.1. The number of amides is 1. The first kappa shape index (κ1) is 19.7. The highest BCUT2D eigenvalue weighted by molar-refractivity contribution is 7.15. The molecule has 1 aliphatic heterocycles. The van der Waals surface area contributed by atoms with E-state index in [0.29, 0.717) is 24.8 Å². The highest BCUT2D eigenvalue weighted by atomic mass is 32.1. The summed E-state index contributed by atoms with van der Waals surface area (Å²) in [7, 11) is 1.69. The highest BCUT2D eigenvalue weighted by Crippen LogP contribution is 2.21. The molecular formula is C19H26N4O3S. The van der Waals surface area contributed by atoms with E-state index in [1.807, 2.05) is 31.2 Å². The number of benzene rings is 1. The lowest BCUT2D eigenvalue weighted by Crippen LogP contribution is -2.29. The van der Waals surface area contributed by atoms with Gasteiger partial charge in [0.05, 0.1) is 19.1 Å². The summed E-state index contributed by atoms with van der Waals surface area (Å²) in [5, 5.41) is 12.5. The number of nitrogens with zero attached hydrogens (tertiary/aromatic N) is 3. The Balaban J connectivity index is 1.41. The van der Waals surface area contributed by atoms with Crippen LogP contribution in [0.15, 0.2) is 24.3 Å². The third-order valence-electron chi connectivity index (χ3n) is 4.56. The van der Waals surface area contributed by atoms with E-state index in [0.717, 1.165) is 36.8 Å². The molecule has 1 aromatic heterocycles. The summed E-state index contributed by atoms with van der Waals surface area (Å²) in [4.78, 5) is 14.7. The number of hydrogen-bond donors (Lipinski definition) is 1. The van der Waals surface area contributed by atoms with Gasteiger partial charge in [0.25, 0.3) is 0 Å². The third-order valence-corrected chi connectivity index (χ3v) is 5.46. The number of anilines is 1. The Morgan fingerprint density at radius 3 is 2.89 bits per heavy atom. The molecular weight excluding hydrogens is 364 g/mol. The van der Waals surface area contributed by atoms with E-state index in [2.05, 4.69) is 20.4 Å². The van der Waals surface area contributed by atoms with E-state index >= 15 is 0 Å². The lowest BCUT2D eigenvalue weighted by Gasteiger charge is -2.14. The van der Waals surface area contributed by atoms with Crippen LogP contribution in [0, 0.1) is 12.8 Å². The van der Waals surface area contributed by atoms with Gasteiger partial charge in [-0.25, -0.2) is 0 Å². The molecule has 27 heavy (non-hydrogen) atoms. The fourth-order valence-electron chi connectivity index (χ4n) is 2.97. The van der Waals surface area contributed by atoms with Crippen molar-refractivity contribution in [1.82, 2.24) is 15.1 Å². The Morgan fingerprint density at radius 1 is 1.30 bits per heavy atom. The Labute approximate surface area is 163 Å². The van der Waals surface area contributed by atoms with E-state index in [1.165, 1.54) is 16.9 Å². The molecule has 1 aliphatic rings. The van der Waals surface area contributed by atoms with Gasteiger partial charge in [0, 0.05) is 26.6 Å². The maximum absolute atomic E-state index is 12.4. The van der Waals surface area contributed by atoms with Gasteiger partial charge in [0.1, 0.15) is 10.8 Å². The minimum atomic E-state index is -0.000855. The van der Waals surface area contributed by atoms with Gasteiger partial charge in [-0.2, -0.15) is 0 Å². The summed E-state index contributed by atoms with van der Waals surface area (Å²) >= 11 is 1.40. The lowest BCUT2D eigenvalue weighted by atomic mass is 10.1. The van der Waals surface area contributed by atoms with Crippen molar-refractivity contribution >= 4 is 22.4 Å². The number of rotatable bonds is 9. The molecule has 3 rings (SSSR count). The SMILES string of the molecule is COCCN1CC[C@@H](C(=O)Nc2nnc(CCOc3ccc(C)cc3)s2)C1. The van der Waals surface area contributed by atoms with Gasteiger partial charge in [-0.15, -0.1) is 10.2 Å². The van der Waals surface area contributed by atoms with Gasteiger partial charge in [-0.05, 0) is 32.0 Å². The monoisotopic (exact) mass is 390 g/mol. The molecule has 0 spiro atoms. The fraction of sp³-hybridized carbons (Fsp3) is 0.526. The molecule has 2 aromatic rings. The molecule has 0 aliphatic carbocycles. The molecule has 8 heteroatoms. The van der Waals surface area contributed by atoms with Gasteiger partial charge in [0.2, 0.25) is 11.0 Å². The maximum atomic E-state index is 12.4. The minimum Gasteiger partial charge on any atom is -0.493 e. The molecule has 0 bridgehead atoms. The topological polar surface area (TPSA) is 76.6 Å². The summed E-state index contributed by atoms with van der Waals surface area (Å²) in [6.07, 6.45) is 1.53. The van der Waals surface area contributed by atoms with E-state index in [4.69, 9.17) is 9.47 Å². The minimum absolute atomic E-state index is 0.000855. The maximum Gasteiger partial charge on any atom is 0.230 e. The number of methoxy groups -OCH3 is 1. The fourth-order valence-corrected chi connectivity index (χ4v) is 3.70. The Hall–Kier alpha value is -2.03. The van der Waals surface area contributed by atoms with E-state index in [9.17, 15) is 4.79 Å². The van der Waals surface area contributed by atoms with E-state index in [1.54, 1.807) is 7.11 Å². The second-order valence-electron chi connectivity index (χ2n) is 6.68. The average molecular weight is 391 g/mol. The molecule has 0 saturated carbocycles. The number of carbonyl (C=O) groups excluding carboxylic acids is 1. The van der Waals surface area contributed by atoms with Crippen molar-refractivity contribution in [2.24, 2.45) is 5.92 Å². The van der Waals surface area contributed by atoms with Gasteiger partial charge in [-0.3, -0.25) is 4.79 Å². The van der Waals surface area contributed by atoms with Crippen LogP contribution < -0.4 is 10.1 Å². The first-order valence-electron chi connectivity index (χ1n) is 9.18. The number of nitrogens with one attached hydrogen (secondary N) is 1. The summed E-state index contributed by atoms with van der Waals surface area (Å²) in [6.45, 7) is 5.83. The van der Waals surface area contributed by atoms with Gasteiger partial charge in [0.15, 0.2) is 0 Å². The smallest absolute Gasteiger partial charge is 0.230 e. The molecule has 1 amide bonds. The molecule has 146 valence electrons. The standard InChI is InChI=1S/C19H26N4O3S/c1-14-3-5-16(6-4-14)26-11-8-17-21-22-19(27-17)20-18(24)15-7-9-23(13-15)10-12-25-2/h3-6,15H,7-13H2,1-2H3,(H,20,22,24)/t15-/m1/s1. The Bertz CT molecular complexity index is 735. The van der Waals surface area contributed by atoms with Gasteiger partial charge in [-0.1, -0.05) is 29.0 Å². The largest absolute Gasteiger partial charge is 0.493 e. The van der Waals surface area contributed by atoms with Crippen molar-refractivity contribution < 1.29 is 14.3 Å². The number of aromatic nitrogens is 2. The predicted octanol–water partition coefficient (Wildman–Crippen LogP) is 2.37. The summed E-state index contributed by atoms with van der Waals surface area (Å²) in [6, 6.07) is 7.96. The van der Waals surface area contributed by atoms with Crippen molar-refractivity contribution in [3.63, 3.8) is 0 Å². The Kier molecular flexibility index (Phi) is 7.14. The van der Waals surface area contributed by atoms with Crippen molar-refractivity contribution in [2.45, 2.75) is 19.8 Å². The third kappa shape index (κ3) is 5.98. The molecule has 1 aromatic carbocycles. The van der Waals surface area contributed by atoms with Crippen LogP contribution in [0.1, 0.15) is 17.0 Å². The average Bonchev–Trinajstić information content (AvgIpc) is 3.31. The van der Waals surface area contributed by atoms with Gasteiger partial charge < -0.3 is 19.7 Å². The number of aryl methyl sites for hydroxylation is 1.